The highest BCUT2D eigenvalue weighted by molar-refractivity contribution is 5.39. The molecule has 1 unspecified atom stereocenters. The normalized spacial score (nSPS) is 20.7. The van der Waals surface area contributed by atoms with E-state index in [9.17, 15) is 0 Å². The molecule has 1 aliphatic rings. The zero-order chi connectivity index (χ0) is 13.0. The predicted molar refractivity (Wildman–Crippen MR) is 77.7 cm³/mol. The molecule has 3 nitrogen and oxygen atoms in total. The quantitative estimate of drug-likeness (QED) is 0.806. The van der Waals surface area contributed by atoms with Crippen molar-refractivity contribution in [2.45, 2.75) is 25.3 Å². The number of nitrogens with zero attached hydrogens (tertiary/aromatic N) is 2. The Morgan fingerprint density at radius 1 is 1.28 bits per heavy atom. The zero-order valence-corrected chi connectivity index (χ0v) is 11.6. The summed E-state index contributed by atoms with van der Waals surface area (Å²) < 4.78 is 0. The fourth-order valence-corrected chi connectivity index (χ4v) is 2.63. The van der Waals surface area contributed by atoms with E-state index >= 15 is 0 Å². The summed E-state index contributed by atoms with van der Waals surface area (Å²) in [4.78, 5) is 4.93. The molecule has 0 aliphatic carbocycles. The van der Waals surface area contributed by atoms with Crippen molar-refractivity contribution in [3.63, 3.8) is 0 Å². The van der Waals surface area contributed by atoms with E-state index in [4.69, 9.17) is 5.73 Å². The molecule has 1 atom stereocenters. The van der Waals surface area contributed by atoms with Gasteiger partial charge in [0.1, 0.15) is 0 Å². The van der Waals surface area contributed by atoms with Crippen LogP contribution in [0.2, 0.25) is 0 Å². The Bertz CT molecular complexity index is 359. The highest BCUT2D eigenvalue weighted by Crippen LogP contribution is 2.14. The summed E-state index contributed by atoms with van der Waals surface area (Å²) in [7, 11) is 4.37. The number of likely N-dealkylation sites (N-methyl/N-ethyl adjacent to an activating group) is 1. The van der Waals surface area contributed by atoms with E-state index in [0.717, 1.165) is 18.2 Å². The molecule has 1 aromatic rings. The van der Waals surface area contributed by atoms with Crippen LogP contribution in [0.1, 0.15) is 18.4 Å². The van der Waals surface area contributed by atoms with Crippen LogP contribution < -0.4 is 5.73 Å². The Labute approximate surface area is 111 Å². The lowest BCUT2D eigenvalue weighted by Gasteiger charge is -2.20. The average molecular weight is 247 g/mol. The van der Waals surface area contributed by atoms with Crippen molar-refractivity contribution in [3.8, 4) is 0 Å². The van der Waals surface area contributed by atoms with Gasteiger partial charge in [-0.3, -0.25) is 0 Å². The maximum Gasteiger partial charge on any atom is 0.0314 e. The zero-order valence-electron chi connectivity index (χ0n) is 11.6. The molecule has 1 aliphatic heterocycles. The Balaban J connectivity index is 1.68. The number of hydrogen-bond acceptors (Lipinski definition) is 3. The van der Waals surface area contributed by atoms with E-state index in [1.165, 1.54) is 38.0 Å². The summed E-state index contributed by atoms with van der Waals surface area (Å²) in [5.74, 6) is 0. The number of benzene rings is 1. The van der Waals surface area contributed by atoms with E-state index in [2.05, 4.69) is 36.0 Å². The summed E-state index contributed by atoms with van der Waals surface area (Å²) in [6.07, 6.45) is 3.71. The van der Waals surface area contributed by atoms with Gasteiger partial charge < -0.3 is 15.5 Å². The topological polar surface area (TPSA) is 32.5 Å². The second-order valence-corrected chi connectivity index (χ2v) is 5.55. The summed E-state index contributed by atoms with van der Waals surface area (Å²) in [6, 6.07) is 9.02. The maximum absolute atomic E-state index is 5.69. The summed E-state index contributed by atoms with van der Waals surface area (Å²) in [5, 5.41) is 0. The molecule has 0 bridgehead atoms. The summed E-state index contributed by atoms with van der Waals surface area (Å²) in [6.45, 7) is 3.70. The van der Waals surface area contributed by atoms with Gasteiger partial charge in [0.05, 0.1) is 0 Å². The molecule has 2 rings (SSSR count). The van der Waals surface area contributed by atoms with E-state index < -0.39 is 0 Å². The van der Waals surface area contributed by atoms with Crippen LogP contribution in [0, 0.1) is 0 Å². The van der Waals surface area contributed by atoms with Crippen molar-refractivity contribution in [2.24, 2.45) is 0 Å². The van der Waals surface area contributed by atoms with Crippen molar-refractivity contribution >= 4 is 5.69 Å². The van der Waals surface area contributed by atoms with Crippen LogP contribution in [0.3, 0.4) is 0 Å². The maximum atomic E-state index is 5.69. The SMILES string of the molecule is CN(C)C1CCN(CCCc2ccc(N)cc2)C1. The van der Waals surface area contributed by atoms with Gasteiger partial charge in [0.15, 0.2) is 0 Å². The number of hydrogen-bond donors (Lipinski definition) is 1. The lowest BCUT2D eigenvalue weighted by molar-refractivity contribution is 0.267. The Kier molecular flexibility index (Phi) is 4.61. The largest absolute Gasteiger partial charge is 0.399 e. The van der Waals surface area contributed by atoms with Gasteiger partial charge in [0.25, 0.3) is 0 Å². The molecule has 0 amide bonds. The van der Waals surface area contributed by atoms with E-state index in [1.54, 1.807) is 0 Å². The molecule has 3 heteroatoms. The first-order valence-corrected chi connectivity index (χ1v) is 6.88. The molecule has 0 aromatic heterocycles. The monoisotopic (exact) mass is 247 g/mol. The van der Waals surface area contributed by atoms with Crippen LogP contribution in [-0.4, -0.2) is 49.6 Å². The molecule has 0 radical (unpaired) electrons. The van der Waals surface area contributed by atoms with Gasteiger partial charge in [0, 0.05) is 18.3 Å². The van der Waals surface area contributed by atoms with Crippen LogP contribution in [-0.2, 0) is 6.42 Å². The Hall–Kier alpha value is -1.06. The Morgan fingerprint density at radius 2 is 2.00 bits per heavy atom. The smallest absolute Gasteiger partial charge is 0.0314 e. The fraction of sp³-hybridized carbons (Fsp3) is 0.600. The van der Waals surface area contributed by atoms with Crippen molar-refractivity contribution in [3.05, 3.63) is 29.8 Å². The second-order valence-electron chi connectivity index (χ2n) is 5.55. The third-order valence-corrected chi connectivity index (χ3v) is 3.90. The standard InChI is InChI=1S/C15H25N3/c1-17(2)15-9-11-18(12-15)10-3-4-13-5-7-14(16)8-6-13/h5-8,15H,3-4,9-12,16H2,1-2H3. The molecule has 1 saturated heterocycles. The van der Waals surface area contributed by atoms with Crippen molar-refractivity contribution in [1.29, 1.82) is 0 Å². The summed E-state index contributed by atoms with van der Waals surface area (Å²) in [5.41, 5.74) is 7.94. The van der Waals surface area contributed by atoms with Gasteiger partial charge in [-0.05, 0) is 64.1 Å². The average Bonchev–Trinajstić information content (AvgIpc) is 2.81. The van der Waals surface area contributed by atoms with Crippen LogP contribution in [0.15, 0.2) is 24.3 Å². The van der Waals surface area contributed by atoms with E-state index in [-0.39, 0.29) is 0 Å². The number of aryl methyl sites for hydroxylation is 1. The predicted octanol–water partition coefficient (Wildman–Crippen LogP) is 1.84. The first-order chi connectivity index (χ1) is 8.65. The highest BCUT2D eigenvalue weighted by atomic mass is 15.2. The molecule has 18 heavy (non-hydrogen) atoms. The lowest BCUT2D eigenvalue weighted by Crippen LogP contribution is -2.31. The van der Waals surface area contributed by atoms with Gasteiger partial charge >= 0.3 is 0 Å². The van der Waals surface area contributed by atoms with Gasteiger partial charge in [0.2, 0.25) is 0 Å². The molecular formula is C15H25N3. The molecule has 1 fully saturated rings. The van der Waals surface area contributed by atoms with Crippen LogP contribution in [0.25, 0.3) is 0 Å². The van der Waals surface area contributed by atoms with Gasteiger partial charge in [-0.2, -0.15) is 0 Å². The minimum atomic E-state index is 0.751. The molecule has 1 heterocycles. The van der Waals surface area contributed by atoms with Crippen LogP contribution in [0.4, 0.5) is 5.69 Å². The van der Waals surface area contributed by atoms with Crippen molar-refractivity contribution in [1.82, 2.24) is 9.80 Å². The molecule has 100 valence electrons. The fourth-order valence-electron chi connectivity index (χ4n) is 2.63. The van der Waals surface area contributed by atoms with E-state index in [0.29, 0.717) is 0 Å². The lowest BCUT2D eigenvalue weighted by atomic mass is 10.1. The third-order valence-electron chi connectivity index (χ3n) is 3.90. The molecule has 0 spiro atoms. The van der Waals surface area contributed by atoms with Gasteiger partial charge in [-0.1, -0.05) is 12.1 Å². The minimum absolute atomic E-state index is 0.751. The number of likely N-dealkylation sites (tertiary alicyclic amines) is 1. The molecule has 0 saturated carbocycles. The number of nitrogen functional groups attached to an aromatic ring is 1. The first-order valence-electron chi connectivity index (χ1n) is 6.88. The highest BCUT2D eigenvalue weighted by Gasteiger charge is 2.22. The third kappa shape index (κ3) is 3.72. The van der Waals surface area contributed by atoms with E-state index in [1.807, 2.05) is 12.1 Å². The summed E-state index contributed by atoms with van der Waals surface area (Å²) >= 11 is 0. The number of rotatable bonds is 5. The van der Waals surface area contributed by atoms with Crippen LogP contribution >= 0.6 is 0 Å². The molecule has 2 N–H and O–H groups in total. The first kappa shape index (κ1) is 13.4. The van der Waals surface area contributed by atoms with Gasteiger partial charge in [-0.15, -0.1) is 0 Å². The second kappa shape index (κ2) is 6.21. The number of anilines is 1. The number of nitrogens with two attached hydrogens (primary N) is 1. The minimum Gasteiger partial charge on any atom is -0.399 e. The molecular weight excluding hydrogens is 222 g/mol. The van der Waals surface area contributed by atoms with Crippen molar-refractivity contribution in [2.75, 3.05) is 39.5 Å². The molecule has 1 aromatic carbocycles. The Morgan fingerprint density at radius 3 is 2.61 bits per heavy atom. The van der Waals surface area contributed by atoms with Crippen molar-refractivity contribution < 1.29 is 0 Å². The van der Waals surface area contributed by atoms with Gasteiger partial charge in [-0.25, -0.2) is 0 Å². The van der Waals surface area contributed by atoms with Crippen LogP contribution in [0.5, 0.6) is 0 Å².